The van der Waals surface area contributed by atoms with Crippen molar-refractivity contribution in [3.63, 3.8) is 0 Å². The zero-order chi connectivity index (χ0) is 15.5. The Hall–Kier alpha value is -1.93. The number of rotatable bonds is 5. The molecule has 8 heteroatoms. The molecule has 0 amide bonds. The molecule has 0 saturated carbocycles. The number of nitro groups is 1. The zero-order valence-corrected chi connectivity index (χ0v) is 13.0. The quantitative estimate of drug-likeness (QED) is 0.478. The standard InChI is InChI=1S/C14H16N4O3S/c1-17-13(10-4-2-5-11(8-10)18(19)20)15-16-14(17)22-9-12-6-3-7-21-12/h2,4-5,8,12H,3,6-7,9H2,1H3. The number of nitrogens with zero attached hydrogens (tertiary/aromatic N) is 4. The maximum absolute atomic E-state index is 10.9. The Kier molecular flexibility index (Phi) is 4.39. The minimum atomic E-state index is -0.410. The Labute approximate surface area is 131 Å². The van der Waals surface area contributed by atoms with Gasteiger partial charge in [-0.05, 0) is 12.8 Å². The summed E-state index contributed by atoms with van der Waals surface area (Å²) in [5.41, 5.74) is 0.738. The van der Waals surface area contributed by atoms with E-state index in [1.54, 1.807) is 23.9 Å². The van der Waals surface area contributed by atoms with Crippen LogP contribution in [0, 0.1) is 10.1 Å². The van der Waals surface area contributed by atoms with Gasteiger partial charge in [0.2, 0.25) is 0 Å². The average Bonchev–Trinajstić information content (AvgIpc) is 3.15. The Bertz CT molecular complexity index is 682. The summed E-state index contributed by atoms with van der Waals surface area (Å²) in [6.07, 6.45) is 2.48. The smallest absolute Gasteiger partial charge is 0.270 e. The lowest BCUT2D eigenvalue weighted by Crippen LogP contribution is -2.08. The Morgan fingerprint density at radius 1 is 1.50 bits per heavy atom. The van der Waals surface area contributed by atoms with E-state index in [1.807, 2.05) is 11.6 Å². The molecule has 2 aromatic rings. The number of aromatic nitrogens is 3. The van der Waals surface area contributed by atoms with Crippen LogP contribution in [0.25, 0.3) is 11.4 Å². The molecule has 1 saturated heterocycles. The minimum absolute atomic E-state index is 0.0501. The number of hydrogen-bond donors (Lipinski definition) is 0. The lowest BCUT2D eigenvalue weighted by molar-refractivity contribution is -0.384. The molecule has 7 nitrogen and oxygen atoms in total. The highest BCUT2D eigenvalue weighted by Crippen LogP contribution is 2.27. The summed E-state index contributed by atoms with van der Waals surface area (Å²) in [5.74, 6) is 1.47. The second kappa shape index (κ2) is 6.45. The lowest BCUT2D eigenvalue weighted by atomic mass is 10.2. The normalized spacial score (nSPS) is 17.8. The van der Waals surface area contributed by atoms with E-state index in [-0.39, 0.29) is 11.8 Å². The third-order valence-electron chi connectivity index (χ3n) is 3.57. The van der Waals surface area contributed by atoms with Crippen molar-refractivity contribution in [2.24, 2.45) is 7.05 Å². The predicted molar refractivity (Wildman–Crippen MR) is 82.8 cm³/mol. The first-order valence-electron chi connectivity index (χ1n) is 7.04. The summed E-state index contributed by atoms with van der Waals surface area (Å²) >= 11 is 1.60. The number of hydrogen-bond acceptors (Lipinski definition) is 6. The fourth-order valence-electron chi connectivity index (χ4n) is 2.39. The molecule has 116 valence electrons. The molecule has 1 aromatic carbocycles. The molecule has 1 aromatic heterocycles. The number of non-ortho nitro benzene ring substituents is 1. The van der Waals surface area contributed by atoms with Crippen molar-refractivity contribution in [1.82, 2.24) is 14.8 Å². The van der Waals surface area contributed by atoms with Crippen LogP contribution < -0.4 is 0 Å². The molecule has 1 aliphatic rings. The van der Waals surface area contributed by atoms with Crippen molar-refractivity contribution < 1.29 is 9.66 Å². The van der Waals surface area contributed by atoms with Gasteiger partial charge >= 0.3 is 0 Å². The predicted octanol–water partition coefficient (Wildman–Crippen LogP) is 2.66. The molecule has 0 N–H and O–H groups in total. The maximum Gasteiger partial charge on any atom is 0.270 e. The second-order valence-corrected chi connectivity index (χ2v) is 6.11. The van der Waals surface area contributed by atoms with Crippen LogP contribution in [0.5, 0.6) is 0 Å². The SMILES string of the molecule is Cn1c(SCC2CCCO2)nnc1-c1cccc([N+](=O)[O-])c1. The van der Waals surface area contributed by atoms with E-state index in [1.165, 1.54) is 12.1 Å². The van der Waals surface area contributed by atoms with Crippen molar-refractivity contribution >= 4 is 17.4 Å². The summed E-state index contributed by atoms with van der Waals surface area (Å²) in [7, 11) is 1.87. The molecular weight excluding hydrogens is 304 g/mol. The van der Waals surface area contributed by atoms with Crippen LogP contribution in [0.4, 0.5) is 5.69 Å². The monoisotopic (exact) mass is 320 g/mol. The van der Waals surface area contributed by atoms with Crippen LogP contribution >= 0.6 is 11.8 Å². The van der Waals surface area contributed by atoms with Crippen molar-refractivity contribution in [3.05, 3.63) is 34.4 Å². The molecule has 22 heavy (non-hydrogen) atoms. The van der Waals surface area contributed by atoms with Crippen molar-refractivity contribution in [1.29, 1.82) is 0 Å². The third kappa shape index (κ3) is 3.12. The van der Waals surface area contributed by atoms with Gasteiger partial charge in [-0.2, -0.15) is 0 Å². The molecule has 1 atom stereocenters. The minimum Gasteiger partial charge on any atom is -0.377 e. The average molecular weight is 320 g/mol. The van der Waals surface area contributed by atoms with Crippen LogP contribution in [-0.2, 0) is 11.8 Å². The van der Waals surface area contributed by atoms with E-state index in [2.05, 4.69) is 10.2 Å². The van der Waals surface area contributed by atoms with Gasteiger partial charge in [0, 0.05) is 37.1 Å². The van der Waals surface area contributed by atoms with E-state index >= 15 is 0 Å². The molecule has 3 rings (SSSR count). The van der Waals surface area contributed by atoms with E-state index in [4.69, 9.17) is 4.74 Å². The summed E-state index contributed by atoms with van der Waals surface area (Å²) in [4.78, 5) is 10.5. The molecule has 1 fully saturated rings. The number of benzene rings is 1. The molecule has 0 aliphatic carbocycles. The fraction of sp³-hybridized carbons (Fsp3) is 0.429. The van der Waals surface area contributed by atoms with Crippen molar-refractivity contribution in [2.75, 3.05) is 12.4 Å². The van der Waals surface area contributed by atoms with Gasteiger partial charge in [-0.15, -0.1) is 10.2 Å². The van der Waals surface area contributed by atoms with Gasteiger partial charge in [0.1, 0.15) is 0 Å². The van der Waals surface area contributed by atoms with Gasteiger partial charge in [-0.1, -0.05) is 23.9 Å². The van der Waals surface area contributed by atoms with Crippen molar-refractivity contribution in [3.8, 4) is 11.4 Å². The van der Waals surface area contributed by atoms with Crippen LogP contribution in [0.3, 0.4) is 0 Å². The van der Waals surface area contributed by atoms with Gasteiger partial charge in [-0.3, -0.25) is 10.1 Å². The third-order valence-corrected chi connectivity index (χ3v) is 4.72. The zero-order valence-electron chi connectivity index (χ0n) is 12.1. The van der Waals surface area contributed by atoms with Gasteiger partial charge in [0.15, 0.2) is 11.0 Å². The lowest BCUT2D eigenvalue weighted by Gasteiger charge is -2.08. The summed E-state index contributed by atoms with van der Waals surface area (Å²) in [6, 6.07) is 6.43. The number of thioether (sulfide) groups is 1. The maximum atomic E-state index is 10.9. The van der Waals surface area contributed by atoms with Gasteiger partial charge in [0.25, 0.3) is 5.69 Å². The highest BCUT2D eigenvalue weighted by molar-refractivity contribution is 7.99. The van der Waals surface area contributed by atoms with E-state index in [0.29, 0.717) is 11.4 Å². The fourth-order valence-corrected chi connectivity index (χ4v) is 3.37. The highest BCUT2D eigenvalue weighted by Gasteiger charge is 2.19. The molecule has 1 unspecified atom stereocenters. The van der Waals surface area contributed by atoms with E-state index in [9.17, 15) is 10.1 Å². The van der Waals surface area contributed by atoms with Gasteiger partial charge < -0.3 is 9.30 Å². The Morgan fingerprint density at radius 3 is 3.09 bits per heavy atom. The van der Waals surface area contributed by atoms with Crippen LogP contribution in [0.15, 0.2) is 29.4 Å². The molecular formula is C14H16N4O3S. The van der Waals surface area contributed by atoms with Crippen LogP contribution in [0.1, 0.15) is 12.8 Å². The van der Waals surface area contributed by atoms with Crippen LogP contribution in [0.2, 0.25) is 0 Å². The molecule has 0 bridgehead atoms. The van der Waals surface area contributed by atoms with Crippen LogP contribution in [-0.4, -0.2) is 38.2 Å². The summed E-state index contributed by atoms with van der Waals surface area (Å²) < 4.78 is 7.45. The van der Waals surface area contributed by atoms with Crippen molar-refractivity contribution in [2.45, 2.75) is 24.1 Å². The Balaban J connectivity index is 1.77. The summed E-state index contributed by atoms with van der Waals surface area (Å²) in [5, 5.41) is 20.0. The van der Waals surface area contributed by atoms with E-state index in [0.717, 1.165) is 30.4 Å². The second-order valence-electron chi connectivity index (χ2n) is 5.12. The van der Waals surface area contributed by atoms with Gasteiger partial charge in [-0.25, -0.2) is 0 Å². The number of nitro benzene ring substituents is 1. The molecule has 1 aliphatic heterocycles. The molecule has 0 spiro atoms. The number of ether oxygens (including phenoxy) is 1. The molecule has 0 radical (unpaired) electrons. The van der Waals surface area contributed by atoms with E-state index < -0.39 is 4.92 Å². The first kappa shape index (κ1) is 15.0. The summed E-state index contributed by atoms with van der Waals surface area (Å²) in [6.45, 7) is 0.836. The highest BCUT2D eigenvalue weighted by atomic mass is 32.2. The topological polar surface area (TPSA) is 83.1 Å². The largest absolute Gasteiger partial charge is 0.377 e. The Morgan fingerprint density at radius 2 is 2.36 bits per heavy atom. The first-order valence-corrected chi connectivity index (χ1v) is 8.02. The first-order chi connectivity index (χ1) is 10.6. The van der Waals surface area contributed by atoms with Gasteiger partial charge in [0.05, 0.1) is 11.0 Å². The molecule has 2 heterocycles.